The van der Waals surface area contributed by atoms with Gasteiger partial charge in [0.1, 0.15) is 18.2 Å². The summed E-state index contributed by atoms with van der Waals surface area (Å²) in [6, 6.07) is 6.36. The number of amides is 1. The van der Waals surface area contributed by atoms with Crippen molar-refractivity contribution in [1.29, 1.82) is 0 Å². The number of nitrogens with zero attached hydrogens (tertiary/aromatic N) is 2. The van der Waals surface area contributed by atoms with E-state index in [0.717, 1.165) is 30.7 Å². The molecular weight excluding hydrogens is 323 g/mol. The molecule has 0 bridgehead atoms. The van der Waals surface area contributed by atoms with Gasteiger partial charge in [-0.15, -0.1) is 0 Å². The quantitative estimate of drug-likeness (QED) is 0.806. The van der Waals surface area contributed by atoms with Crippen molar-refractivity contribution >= 4 is 5.91 Å². The van der Waals surface area contributed by atoms with Crippen molar-refractivity contribution in [2.24, 2.45) is 0 Å². The van der Waals surface area contributed by atoms with Crippen molar-refractivity contribution in [3.63, 3.8) is 0 Å². The fourth-order valence-corrected chi connectivity index (χ4v) is 3.08. The fraction of sp³-hybridized carbons (Fsp3) is 0.474. The van der Waals surface area contributed by atoms with Crippen molar-refractivity contribution < 1.29 is 18.3 Å². The molecule has 6 heteroatoms. The number of benzene rings is 1. The molecule has 1 atom stereocenters. The number of likely N-dealkylation sites (tertiary alicyclic amines) is 1. The molecule has 1 amide bonds. The number of ether oxygens (including phenoxy) is 1. The number of rotatable bonds is 6. The first-order valence-electron chi connectivity index (χ1n) is 8.70. The van der Waals surface area contributed by atoms with Crippen LogP contribution < -0.4 is 0 Å². The van der Waals surface area contributed by atoms with Gasteiger partial charge in [-0.1, -0.05) is 12.1 Å². The van der Waals surface area contributed by atoms with Gasteiger partial charge >= 0.3 is 0 Å². The lowest BCUT2D eigenvalue weighted by atomic mass is 9.98. The first kappa shape index (κ1) is 17.6. The number of oxazole rings is 1. The van der Waals surface area contributed by atoms with Crippen molar-refractivity contribution in [1.82, 2.24) is 9.88 Å². The number of carbonyl (C=O) groups is 1. The molecule has 0 radical (unpaired) electrons. The van der Waals surface area contributed by atoms with Crippen LogP contribution in [0.5, 0.6) is 0 Å². The van der Waals surface area contributed by atoms with Gasteiger partial charge in [0.25, 0.3) is 0 Å². The molecule has 1 fully saturated rings. The Kier molecular flexibility index (Phi) is 5.81. The highest BCUT2D eigenvalue weighted by Gasteiger charge is 2.27. The predicted octanol–water partition coefficient (Wildman–Crippen LogP) is 3.15. The fourth-order valence-electron chi connectivity index (χ4n) is 3.08. The van der Waals surface area contributed by atoms with E-state index in [1.807, 2.05) is 11.8 Å². The van der Waals surface area contributed by atoms with E-state index >= 15 is 0 Å². The number of carbonyl (C=O) groups excluding carboxylic acids is 1. The van der Waals surface area contributed by atoms with Gasteiger partial charge in [-0.3, -0.25) is 4.79 Å². The molecule has 0 aliphatic carbocycles. The van der Waals surface area contributed by atoms with E-state index in [4.69, 9.17) is 9.15 Å². The maximum atomic E-state index is 13.0. The predicted molar refractivity (Wildman–Crippen MR) is 90.8 cm³/mol. The zero-order valence-corrected chi connectivity index (χ0v) is 14.4. The topological polar surface area (TPSA) is 55.6 Å². The van der Waals surface area contributed by atoms with Crippen molar-refractivity contribution in [2.45, 2.75) is 32.1 Å². The number of hydrogen-bond acceptors (Lipinski definition) is 4. The minimum Gasteiger partial charge on any atom is -0.445 e. The SMILES string of the molecule is CCOCC(=O)N1CCC[C@H](c2ncc(Cc3ccc(F)cc3)o2)C1. The van der Waals surface area contributed by atoms with Gasteiger partial charge in [0.05, 0.1) is 12.1 Å². The molecule has 2 aromatic rings. The molecule has 0 N–H and O–H groups in total. The van der Waals surface area contributed by atoms with Gasteiger partial charge in [0.15, 0.2) is 5.89 Å². The second-order valence-corrected chi connectivity index (χ2v) is 6.28. The summed E-state index contributed by atoms with van der Waals surface area (Å²) in [7, 11) is 0. The van der Waals surface area contributed by atoms with Gasteiger partial charge < -0.3 is 14.1 Å². The largest absolute Gasteiger partial charge is 0.445 e. The summed E-state index contributed by atoms with van der Waals surface area (Å²) in [4.78, 5) is 18.4. The summed E-state index contributed by atoms with van der Waals surface area (Å²) in [6.07, 6.45) is 4.18. The summed E-state index contributed by atoms with van der Waals surface area (Å²) in [6.45, 7) is 3.91. The van der Waals surface area contributed by atoms with Gasteiger partial charge in [-0.2, -0.15) is 0 Å². The van der Waals surface area contributed by atoms with Crippen LogP contribution in [0.25, 0.3) is 0 Å². The second kappa shape index (κ2) is 8.25. The molecule has 3 rings (SSSR count). The van der Waals surface area contributed by atoms with E-state index in [9.17, 15) is 9.18 Å². The zero-order chi connectivity index (χ0) is 17.6. The third kappa shape index (κ3) is 4.66. The van der Waals surface area contributed by atoms with Crippen molar-refractivity contribution in [2.75, 3.05) is 26.3 Å². The molecule has 1 saturated heterocycles. The highest BCUT2D eigenvalue weighted by atomic mass is 19.1. The Balaban J connectivity index is 1.61. The zero-order valence-electron chi connectivity index (χ0n) is 14.4. The van der Waals surface area contributed by atoms with Crippen molar-refractivity contribution in [3.05, 3.63) is 53.5 Å². The van der Waals surface area contributed by atoms with Gasteiger partial charge in [0.2, 0.25) is 5.91 Å². The van der Waals surface area contributed by atoms with Crippen LogP contribution in [0.3, 0.4) is 0 Å². The van der Waals surface area contributed by atoms with Gasteiger partial charge in [0, 0.05) is 26.1 Å². The summed E-state index contributed by atoms with van der Waals surface area (Å²) >= 11 is 0. The van der Waals surface area contributed by atoms with Crippen LogP contribution in [-0.4, -0.2) is 42.1 Å². The molecule has 2 heterocycles. The second-order valence-electron chi connectivity index (χ2n) is 6.28. The number of hydrogen-bond donors (Lipinski definition) is 0. The van der Waals surface area contributed by atoms with Crippen LogP contribution in [0.1, 0.15) is 42.9 Å². The lowest BCUT2D eigenvalue weighted by Gasteiger charge is -2.31. The van der Waals surface area contributed by atoms with E-state index in [1.54, 1.807) is 18.3 Å². The molecular formula is C19H23FN2O3. The molecule has 0 saturated carbocycles. The van der Waals surface area contributed by atoms with E-state index in [1.165, 1.54) is 12.1 Å². The molecule has 1 aliphatic rings. The first-order chi connectivity index (χ1) is 12.2. The monoisotopic (exact) mass is 346 g/mol. The maximum absolute atomic E-state index is 13.0. The lowest BCUT2D eigenvalue weighted by Crippen LogP contribution is -2.41. The van der Waals surface area contributed by atoms with Crippen LogP contribution in [-0.2, 0) is 16.0 Å². The standard InChI is InChI=1S/C19H23FN2O3/c1-2-24-13-18(23)22-9-3-4-15(12-22)19-21-11-17(25-19)10-14-5-7-16(20)8-6-14/h5-8,11,15H,2-4,9-10,12-13H2,1H3/t15-/m0/s1. The highest BCUT2D eigenvalue weighted by Crippen LogP contribution is 2.27. The Morgan fingerprint density at radius 2 is 2.20 bits per heavy atom. The van der Waals surface area contributed by atoms with Crippen LogP contribution in [0.4, 0.5) is 4.39 Å². The molecule has 1 aromatic heterocycles. The van der Waals surface area contributed by atoms with E-state index in [0.29, 0.717) is 25.5 Å². The first-order valence-corrected chi connectivity index (χ1v) is 8.70. The van der Waals surface area contributed by atoms with Crippen LogP contribution >= 0.6 is 0 Å². The third-order valence-electron chi connectivity index (χ3n) is 4.42. The molecule has 0 unspecified atom stereocenters. The lowest BCUT2D eigenvalue weighted by molar-refractivity contribution is -0.137. The Bertz CT molecular complexity index is 699. The van der Waals surface area contributed by atoms with Crippen molar-refractivity contribution in [3.8, 4) is 0 Å². The van der Waals surface area contributed by atoms with Gasteiger partial charge in [-0.25, -0.2) is 9.37 Å². The van der Waals surface area contributed by atoms with E-state index in [2.05, 4.69) is 4.98 Å². The molecule has 0 spiro atoms. The van der Waals surface area contributed by atoms with Crippen LogP contribution in [0.15, 0.2) is 34.9 Å². The third-order valence-corrected chi connectivity index (χ3v) is 4.42. The Morgan fingerprint density at radius 1 is 1.40 bits per heavy atom. The Labute approximate surface area is 146 Å². The number of aromatic nitrogens is 1. The van der Waals surface area contributed by atoms with E-state index < -0.39 is 0 Å². The smallest absolute Gasteiger partial charge is 0.248 e. The summed E-state index contributed by atoms with van der Waals surface area (Å²) < 4.78 is 24.1. The van der Waals surface area contributed by atoms with E-state index in [-0.39, 0.29) is 24.2 Å². The number of halogens is 1. The Morgan fingerprint density at radius 3 is 2.96 bits per heavy atom. The summed E-state index contributed by atoms with van der Waals surface area (Å²) in [5.74, 6) is 1.30. The molecule has 134 valence electrons. The van der Waals surface area contributed by atoms with Crippen LogP contribution in [0.2, 0.25) is 0 Å². The normalized spacial score (nSPS) is 17.7. The summed E-state index contributed by atoms with van der Waals surface area (Å²) in [5, 5.41) is 0. The Hall–Kier alpha value is -2.21. The van der Waals surface area contributed by atoms with Gasteiger partial charge in [-0.05, 0) is 37.5 Å². The molecule has 25 heavy (non-hydrogen) atoms. The maximum Gasteiger partial charge on any atom is 0.248 e. The van der Waals surface area contributed by atoms with Crippen LogP contribution in [0, 0.1) is 5.82 Å². The average molecular weight is 346 g/mol. The minimum atomic E-state index is -0.249. The molecule has 1 aliphatic heterocycles. The number of piperidine rings is 1. The summed E-state index contributed by atoms with van der Waals surface area (Å²) in [5.41, 5.74) is 0.973. The highest BCUT2D eigenvalue weighted by molar-refractivity contribution is 5.77. The minimum absolute atomic E-state index is 0.0182. The average Bonchev–Trinajstić information content (AvgIpc) is 3.10. The molecule has 1 aromatic carbocycles. The molecule has 5 nitrogen and oxygen atoms in total.